The summed E-state index contributed by atoms with van der Waals surface area (Å²) in [5.41, 5.74) is 0.500. The van der Waals surface area contributed by atoms with E-state index in [2.05, 4.69) is 10.3 Å². The Morgan fingerprint density at radius 1 is 0.974 bits per heavy atom. The fourth-order valence-electron chi connectivity index (χ4n) is 4.18. The Kier molecular flexibility index (Phi) is 7.01. The molecule has 4 rings (SSSR count). The second-order valence-electron chi connectivity index (χ2n) is 9.90. The highest BCUT2D eigenvalue weighted by Crippen LogP contribution is 2.35. The molecule has 1 aliphatic rings. The molecule has 7 nitrogen and oxygen atoms in total. The van der Waals surface area contributed by atoms with Crippen molar-refractivity contribution in [1.82, 2.24) is 15.2 Å². The van der Waals surface area contributed by atoms with E-state index < -0.39 is 41.4 Å². The largest absolute Gasteiger partial charge is 0.444 e. The second-order valence-corrected chi connectivity index (χ2v) is 9.90. The topological polar surface area (TPSA) is 88.6 Å². The number of hydrogen-bond donors (Lipinski definition) is 1. The standard InChI is InChI=1S/C28H26F3N3O4/c1-16(34-24(35)20-7-5-6-8-21(20)25(34)36)17-9-11-18(12-10-17)22-13-23(28(29,30)31)32-14-19(22)15-33-26(37)38-27(2,3)4/h5-14,16H,15H2,1-4H3,(H,33,37)/t16-/m1/s1. The number of hydrogen-bond acceptors (Lipinski definition) is 5. The summed E-state index contributed by atoms with van der Waals surface area (Å²) in [6, 6.07) is 13.4. The third kappa shape index (κ3) is 5.53. The number of halogens is 3. The number of carbonyl (C=O) groups is 3. The smallest absolute Gasteiger partial charge is 0.433 e. The number of imide groups is 1. The van der Waals surface area contributed by atoms with Crippen molar-refractivity contribution >= 4 is 17.9 Å². The van der Waals surface area contributed by atoms with E-state index >= 15 is 0 Å². The number of amides is 3. The molecular formula is C28H26F3N3O4. The number of carbonyl (C=O) groups excluding carboxylic acids is 3. The van der Waals surface area contributed by atoms with Crippen molar-refractivity contribution in [3.63, 3.8) is 0 Å². The minimum atomic E-state index is -4.66. The van der Waals surface area contributed by atoms with Crippen molar-refractivity contribution in [1.29, 1.82) is 0 Å². The molecule has 1 aromatic heterocycles. The lowest BCUT2D eigenvalue weighted by molar-refractivity contribution is -0.141. The minimum Gasteiger partial charge on any atom is -0.444 e. The summed E-state index contributed by atoms with van der Waals surface area (Å²) in [5.74, 6) is -0.803. The van der Waals surface area contributed by atoms with Crippen LogP contribution in [0.3, 0.4) is 0 Å². The van der Waals surface area contributed by atoms with E-state index in [1.54, 1.807) is 76.2 Å². The van der Waals surface area contributed by atoms with E-state index in [9.17, 15) is 27.6 Å². The molecule has 0 aliphatic carbocycles. The van der Waals surface area contributed by atoms with Crippen molar-refractivity contribution in [3.8, 4) is 11.1 Å². The van der Waals surface area contributed by atoms with Crippen molar-refractivity contribution < 1.29 is 32.3 Å². The van der Waals surface area contributed by atoms with Gasteiger partial charge in [-0.1, -0.05) is 36.4 Å². The second kappa shape index (κ2) is 9.92. The lowest BCUT2D eigenvalue weighted by Gasteiger charge is -2.23. The fourth-order valence-corrected chi connectivity index (χ4v) is 4.18. The first-order valence-electron chi connectivity index (χ1n) is 11.9. The average Bonchev–Trinajstić information content (AvgIpc) is 3.10. The van der Waals surface area contributed by atoms with E-state index in [-0.39, 0.29) is 12.1 Å². The fraction of sp³-hybridized carbons (Fsp3) is 0.286. The van der Waals surface area contributed by atoms with Gasteiger partial charge in [-0.15, -0.1) is 0 Å². The van der Waals surface area contributed by atoms with Crippen LogP contribution in [0, 0.1) is 0 Å². The van der Waals surface area contributed by atoms with Crippen LogP contribution in [0.5, 0.6) is 0 Å². The molecule has 3 amide bonds. The van der Waals surface area contributed by atoms with Crippen molar-refractivity contribution in [2.24, 2.45) is 0 Å². The molecule has 0 fully saturated rings. The van der Waals surface area contributed by atoms with Gasteiger partial charge in [0.05, 0.1) is 17.2 Å². The van der Waals surface area contributed by atoms with E-state index in [0.717, 1.165) is 12.3 Å². The van der Waals surface area contributed by atoms with Gasteiger partial charge in [0.15, 0.2) is 0 Å². The number of benzene rings is 2. The summed E-state index contributed by atoms with van der Waals surface area (Å²) >= 11 is 0. The number of nitrogens with zero attached hydrogens (tertiary/aromatic N) is 2. The zero-order valence-corrected chi connectivity index (χ0v) is 21.2. The number of rotatable bonds is 5. The Hall–Kier alpha value is -4.21. The van der Waals surface area contributed by atoms with Gasteiger partial charge in [0.25, 0.3) is 11.8 Å². The monoisotopic (exact) mass is 525 g/mol. The molecule has 38 heavy (non-hydrogen) atoms. The van der Waals surface area contributed by atoms with E-state index in [1.807, 2.05) is 0 Å². The molecule has 3 aromatic rings. The molecule has 0 spiro atoms. The number of ether oxygens (including phenoxy) is 1. The van der Waals surface area contributed by atoms with Crippen LogP contribution >= 0.6 is 0 Å². The highest BCUT2D eigenvalue weighted by Gasteiger charge is 2.38. The molecular weight excluding hydrogens is 499 g/mol. The van der Waals surface area contributed by atoms with Gasteiger partial charge in [-0.05, 0) is 68.1 Å². The first-order chi connectivity index (χ1) is 17.8. The van der Waals surface area contributed by atoms with Crippen LogP contribution in [0.1, 0.15) is 71.3 Å². The quantitative estimate of drug-likeness (QED) is 0.404. The molecule has 1 aliphatic heterocycles. The Labute approximate surface area is 217 Å². The van der Waals surface area contributed by atoms with Gasteiger partial charge < -0.3 is 10.1 Å². The third-order valence-electron chi connectivity index (χ3n) is 6.02. The van der Waals surface area contributed by atoms with Gasteiger partial charge in [-0.25, -0.2) is 4.79 Å². The first kappa shape index (κ1) is 26.8. The van der Waals surface area contributed by atoms with E-state index in [1.165, 1.54) is 4.90 Å². The Morgan fingerprint density at radius 3 is 2.08 bits per heavy atom. The lowest BCUT2D eigenvalue weighted by atomic mass is 9.97. The number of alkyl carbamates (subject to hydrolysis) is 1. The van der Waals surface area contributed by atoms with Crippen LogP contribution in [0.4, 0.5) is 18.0 Å². The first-order valence-corrected chi connectivity index (χ1v) is 11.9. The van der Waals surface area contributed by atoms with Gasteiger partial charge in [0, 0.05) is 12.7 Å². The molecule has 0 saturated heterocycles. The summed E-state index contributed by atoms with van der Waals surface area (Å²) in [7, 11) is 0. The summed E-state index contributed by atoms with van der Waals surface area (Å²) in [6.45, 7) is 6.69. The predicted octanol–water partition coefficient (Wildman–Crippen LogP) is 6.15. The van der Waals surface area contributed by atoms with Crippen LogP contribution in [0.15, 0.2) is 60.8 Å². The third-order valence-corrected chi connectivity index (χ3v) is 6.02. The molecule has 1 atom stereocenters. The van der Waals surface area contributed by atoms with Gasteiger partial charge in [0.2, 0.25) is 0 Å². The summed E-state index contributed by atoms with van der Waals surface area (Å²) in [5, 5.41) is 2.54. The Bertz CT molecular complexity index is 1360. The molecule has 0 bridgehead atoms. The molecule has 1 N–H and O–H groups in total. The van der Waals surface area contributed by atoms with Gasteiger partial charge >= 0.3 is 12.3 Å². The number of nitrogens with one attached hydrogen (secondary N) is 1. The maximum absolute atomic E-state index is 13.4. The average molecular weight is 526 g/mol. The predicted molar refractivity (Wildman–Crippen MR) is 133 cm³/mol. The summed E-state index contributed by atoms with van der Waals surface area (Å²) in [4.78, 5) is 42.5. The molecule has 10 heteroatoms. The zero-order valence-electron chi connectivity index (χ0n) is 21.2. The zero-order chi connectivity index (χ0) is 27.8. The Morgan fingerprint density at radius 2 is 1.55 bits per heavy atom. The van der Waals surface area contributed by atoms with Gasteiger partial charge in [0.1, 0.15) is 11.3 Å². The minimum absolute atomic E-state index is 0.109. The number of aromatic nitrogens is 1. The molecule has 0 unspecified atom stereocenters. The van der Waals surface area contributed by atoms with Gasteiger partial charge in [-0.2, -0.15) is 13.2 Å². The molecule has 2 aromatic carbocycles. The SMILES string of the molecule is C[C@H](c1ccc(-c2cc(C(F)(F)F)ncc2CNC(=O)OC(C)(C)C)cc1)N1C(=O)c2ccccc2C1=O. The van der Waals surface area contributed by atoms with Crippen LogP contribution in [-0.2, 0) is 17.5 Å². The normalized spacial score (nSPS) is 14.3. The number of pyridine rings is 1. The maximum Gasteiger partial charge on any atom is 0.433 e. The molecule has 2 heterocycles. The van der Waals surface area contributed by atoms with Crippen molar-refractivity contribution in [3.05, 3.63) is 88.7 Å². The van der Waals surface area contributed by atoms with Crippen LogP contribution in [-0.4, -0.2) is 33.4 Å². The van der Waals surface area contributed by atoms with Gasteiger partial charge in [-0.3, -0.25) is 19.5 Å². The molecule has 0 saturated carbocycles. The Balaban J connectivity index is 1.61. The van der Waals surface area contributed by atoms with Crippen molar-refractivity contribution in [2.45, 2.75) is 52.1 Å². The van der Waals surface area contributed by atoms with Crippen LogP contribution in [0.25, 0.3) is 11.1 Å². The molecule has 198 valence electrons. The highest BCUT2D eigenvalue weighted by molar-refractivity contribution is 6.21. The number of fused-ring (bicyclic) bond motifs is 1. The van der Waals surface area contributed by atoms with E-state index in [0.29, 0.717) is 27.8 Å². The maximum atomic E-state index is 13.4. The van der Waals surface area contributed by atoms with Crippen LogP contribution in [0.2, 0.25) is 0 Å². The van der Waals surface area contributed by atoms with Crippen LogP contribution < -0.4 is 5.32 Å². The van der Waals surface area contributed by atoms with E-state index in [4.69, 9.17) is 4.74 Å². The summed E-state index contributed by atoms with van der Waals surface area (Å²) < 4.78 is 45.5. The lowest BCUT2D eigenvalue weighted by Crippen LogP contribution is -2.32. The highest BCUT2D eigenvalue weighted by atomic mass is 19.4. The molecule has 0 radical (unpaired) electrons. The van der Waals surface area contributed by atoms with Crippen molar-refractivity contribution in [2.75, 3.05) is 0 Å². The number of alkyl halides is 3. The summed E-state index contributed by atoms with van der Waals surface area (Å²) in [6.07, 6.45) is -4.30.